The predicted octanol–water partition coefficient (Wildman–Crippen LogP) is 2.35. The van der Waals surface area contributed by atoms with Gasteiger partial charge in [0.1, 0.15) is 0 Å². The van der Waals surface area contributed by atoms with Crippen LogP contribution in [0.2, 0.25) is 0 Å². The molecule has 0 atom stereocenters. The van der Waals surface area contributed by atoms with Crippen molar-refractivity contribution < 1.29 is 13.2 Å². The van der Waals surface area contributed by atoms with Crippen molar-refractivity contribution in [2.24, 2.45) is 0 Å². The van der Waals surface area contributed by atoms with E-state index in [9.17, 15) is 13.2 Å². The van der Waals surface area contributed by atoms with E-state index in [0.29, 0.717) is 25.1 Å². The van der Waals surface area contributed by atoms with E-state index in [1.165, 1.54) is 12.1 Å². The van der Waals surface area contributed by atoms with Gasteiger partial charge >= 0.3 is 0 Å². The zero-order valence-electron chi connectivity index (χ0n) is 13.7. The molecule has 6 heteroatoms. The average molecular weight is 346 g/mol. The smallest absolute Gasteiger partial charge is 0.251 e. The fourth-order valence-electron chi connectivity index (χ4n) is 2.19. The lowest BCUT2D eigenvalue weighted by molar-refractivity contribution is 0.0954. The summed E-state index contributed by atoms with van der Waals surface area (Å²) in [4.78, 5) is 12.3. The topological polar surface area (TPSA) is 75.3 Å². The van der Waals surface area contributed by atoms with Crippen LogP contribution in [0.3, 0.4) is 0 Å². The van der Waals surface area contributed by atoms with Crippen LogP contribution >= 0.6 is 0 Å². The molecule has 0 saturated heterocycles. The molecule has 0 aliphatic heterocycles. The number of amides is 1. The Labute approximate surface area is 143 Å². The summed E-state index contributed by atoms with van der Waals surface area (Å²) in [6.45, 7) is 2.75. The first-order valence-corrected chi connectivity index (χ1v) is 9.43. The molecule has 24 heavy (non-hydrogen) atoms. The number of carbonyl (C=O) groups is 1. The maximum atomic E-state index is 12.2. The van der Waals surface area contributed by atoms with Crippen molar-refractivity contribution in [3.8, 4) is 0 Å². The van der Waals surface area contributed by atoms with Crippen LogP contribution in [0.15, 0.2) is 59.5 Å². The minimum absolute atomic E-state index is 0.103. The summed E-state index contributed by atoms with van der Waals surface area (Å²) in [5, 5.41) is 2.82. The summed E-state index contributed by atoms with van der Waals surface area (Å²) >= 11 is 0. The maximum absolute atomic E-state index is 12.2. The molecule has 2 N–H and O–H groups in total. The Morgan fingerprint density at radius 2 is 1.75 bits per heavy atom. The monoisotopic (exact) mass is 346 g/mol. The number of rotatable bonds is 8. The Bertz CT molecular complexity index is 774. The van der Waals surface area contributed by atoms with E-state index >= 15 is 0 Å². The number of hydrogen-bond acceptors (Lipinski definition) is 3. The van der Waals surface area contributed by atoms with E-state index < -0.39 is 10.0 Å². The van der Waals surface area contributed by atoms with Gasteiger partial charge < -0.3 is 5.32 Å². The summed E-state index contributed by atoms with van der Waals surface area (Å²) in [6.07, 6.45) is 1.43. The van der Waals surface area contributed by atoms with Gasteiger partial charge in [-0.05, 0) is 36.6 Å². The molecule has 0 heterocycles. The fourth-order valence-corrected chi connectivity index (χ4v) is 3.37. The second-order valence-corrected chi connectivity index (χ2v) is 7.18. The van der Waals surface area contributed by atoms with Crippen molar-refractivity contribution in [3.05, 3.63) is 65.7 Å². The van der Waals surface area contributed by atoms with Crippen LogP contribution in [0.25, 0.3) is 0 Å². The zero-order chi connectivity index (χ0) is 17.4. The Morgan fingerprint density at radius 1 is 1.00 bits per heavy atom. The van der Waals surface area contributed by atoms with Crippen LogP contribution in [-0.4, -0.2) is 27.4 Å². The standard InChI is InChI=1S/C18H22N2O3S/c1-2-12-20-24(22,23)17-10-6-9-16(14-17)18(21)19-13-11-15-7-4-3-5-8-15/h3-10,14,20H,2,11-13H2,1H3,(H,19,21). The molecule has 0 aromatic heterocycles. The molecule has 0 bridgehead atoms. The largest absolute Gasteiger partial charge is 0.352 e. The van der Waals surface area contributed by atoms with Crippen molar-refractivity contribution in [1.82, 2.24) is 10.0 Å². The third-order valence-electron chi connectivity index (χ3n) is 3.49. The van der Waals surface area contributed by atoms with Gasteiger partial charge in [-0.3, -0.25) is 4.79 Å². The minimum Gasteiger partial charge on any atom is -0.352 e. The zero-order valence-corrected chi connectivity index (χ0v) is 14.5. The molecule has 0 radical (unpaired) electrons. The van der Waals surface area contributed by atoms with Crippen LogP contribution in [0.4, 0.5) is 0 Å². The molecule has 0 unspecified atom stereocenters. The lowest BCUT2D eigenvalue weighted by Gasteiger charge is -2.08. The molecule has 128 valence electrons. The number of nitrogens with one attached hydrogen (secondary N) is 2. The molecule has 0 aliphatic rings. The van der Waals surface area contributed by atoms with Crippen molar-refractivity contribution in [3.63, 3.8) is 0 Å². The van der Waals surface area contributed by atoms with Crippen LogP contribution in [0.5, 0.6) is 0 Å². The van der Waals surface area contributed by atoms with E-state index in [1.807, 2.05) is 37.3 Å². The maximum Gasteiger partial charge on any atom is 0.251 e. The lowest BCUT2D eigenvalue weighted by Crippen LogP contribution is -2.27. The highest BCUT2D eigenvalue weighted by Crippen LogP contribution is 2.11. The van der Waals surface area contributed by atoms with E-state index in [1.54, 1.807) is 12.1 Å². The second kappa shape index (κ2) is 8.61. The van der Waals surface area contributed by atoms with Gasteiger partial charge in [0.15, 0.2) is 0 Å². The van der Waals surface area contributed by atoms with Crippen molar-refractivity contribution in [2.45, 2.75) is 24.7 Å². The average Bonchev–Trinajstić information content (AvgIpc) is 2.61. The number of sulfonamides is 1. The van der Waals surface area contributed by atoms with E-state index in [-0.39, 0.29) is 10.8 Å². The van der Waals surface area contributed by atoms with E-state index in [0.717, 1.165) is 12.0 Å². The van der Waals surface area contributed by atoms with Gasteiger partial charge in [0.2, 0.25) is 10.0 Å². The summed E-state index contributed by atoms with van der Waals surface area (Å²) in [6, 6.07) is 15.9. The van der Waals surface area contributed by atoms with Gasteiger partial charge in [-0.1, -0.05) is 43.3 Å². The molecule has 2 aromatic rings. The SMILES string of the molecule is CCCNS(=O)(=O)c1cccc(C(=O)NCCc2ccccc2)c1. The van der Waals surface area contributed by atoms with Crippen LogP contribution in [0.1, 0.15) is 29.3 Å². The Morgan fingerprint density at radius 3 is 2.46 bits per heavy atom. The molecule has 5 nitrogen and oxygen atoms in total. The first-order valence-electron chi connectivity index (χ1n) is 7.95. The Kier molecular flexibility index (Phi) is 6.52. The molecular formula is C18H22N2O3S. The molecule has 0 spiro atoms. The number of hydrogen-bond donors (Lipinski definition) is 2. The lowest BCUT2D eigenvalue weighted by atomic mass is 10.1. The van der Waals surface area contributed by atoms with Crippen molar-refractivity contribution in [1.29, 1.82) is 0 Å². The van der Waals surface area contributed by atoms with Crippen LogP contribution in [-0.2, 0) is 16.4 Å². The number of carbonyl (C=O) groups excluding carboxylic acids is 1. The van der Waals surface area contributed by atoms with Crippen molar-refractivity contribution >= 4 is 15.9 Å². The summed E-state index contributed by atoms with van der Waals surface area (Å²) < 4.78 is 26.7. The minimum atomic E-state index is -3.57. The van der Waals surface area contributed by atoms with Gasteiger partial charge in [-0.15, -0.1) is 0 Å². The molecule has 0 saturated carbocycles. The molecule has 0 aliphatic carbocycles. The Hall–Kier alpha value is -2.18. The van der Waals surface area contributed by atoms with Gasteiger partial charge in [0, 0.05) is 18.7 Å². The quantitative estimate of drug-likeness (QED) is 0.770. The summed E-state index contributed by atoms with van der Waals surface area (Å²) in [5.74, 6) is -0.279. The fraction of sp³-hybridized carbons (Fsp3) is 0.278. The van der Waals surface area contributed by atoms with Gasteiger partial charge in [0.05, 0.1) is 4.90 Å². The third kappa shape index (κ3) is 5.18. The molecule has 0 fully saturated rings. The first-order chi connectivity index (χ1) is 11.5. The summed E-state index contributed by atoms with van der Waals surface area (Å²) in [5.41, 5.74) is 1.47. The van der Waals surface area contributed by atoms with E-state index in [4.69, 9.17) is 0 Å². The van der Waals surface area contributed by atoms with Gasteiger partial charge in [-0.2, -0.15) is 0 Å². The molecular weight excluding hydrogens is 324 g/mol. The first kappa shape index (κ1) is 18.2. The third-order valence-corrected chi connectivity index (χ3v) is 4.95. The highest BCUT2D eigenvalue weighted by atomic mass is 32.2. The normalized spacial score (nSPS) is 11.2. The van der Waals surface area contributed by atoms with Gasteiger partial charge in [-0.25, -0.2) is 13.1 Å². The number of benzene rings is 2. The Balaban J connectivity index is 1.98. The predicted molar refractivity (Wildman–Crippen MR) is 94.4 cm³/mol. The summed E-state index contributed by atoms with van der Waals surface area (Å²) in [7, 11) is -3.57. The molecule has 1 amide bonds. The van der Waals surface area contributed by atoms with Crippen molar-refractivity contribution in [2.75, 3.05) is 13.1 Å². The van der Waals surface area contributed by atoms with Gasteiger partial charge in [0.25, 0.3) is 5.91 Å². The van der Waals surface area contributed by atoms with Crippen LogP contribution < -0.4 is 10.0 Å². The highest BCUT2D eigenvalue weighted by Gasteiger charge is 2.15. The molecule has 2 aromatic carbocycles. The molecule has 2 rings (SSSR count). The van der Waals surface area contributed by atoms with E-state index in [2.05, 4.69) is 10.0 Å². The second-order valence-electron chi connectivity index (χ2n) is 5.42. The highest BCUT2D eigenvalue weighted by molar-refractivity contribution is 7.89. The van der Waals surface area contributed by atoms with Crippen LogP contribution in [0, 0.1) is 0 Å².